The summed E-state index contributed by atoms with van der Waals surface area (Å²) in [6.07, 6.45) is 0. The van der Waals surface area contributed by atoms with E-state index in [0.29, 0.717) is 22.8 Å². The van der Waals surface area contributed by atoms with Crippen LogP contribution in [-0.4, -0.2) is 27.7 Å². The van der Waals surface area contributed by atoms with Crippen LogP contribution in [0.1, 0.15) is 16.3 Å². The maximum Gasteiger partial charge on any atom is 0.354 e. The summed E-state index contributed by atoms with van der Waals surface area (Å²) < 4.78 is 6.80. The molecule has 18 heavy (non-hydrogen) atoms. The molecule has 0 saturated carbocycles. The van der Waals surface area contributed by atoms with Gasteiger partial charge in [0.25, 0.3) is 0 Å². The average molecular weight is 246 g/mol. The molecule has 2 aromatic rings. The zero-order chi connectivity index (χ0) is 13.3. The molecular weight excluding hydrogens is 232 g/mol. The van der Waals surface area contributed by atoms with Gasteiger partial charge >= 0.3 is 5.97 Å². The van der Waals surface area contributed by atoms with Crippen molar-refractivity contribution >= 4 is 5.97 Å². The topological polar surface area (TPSA) is 64.4 Å². The van der Waals surface area contributed by atoms with Crippen molar-refractivity contribution in [1.29, 1.82) is 0 Å². The number of hydrogen-bond acceptors (Lipinski definition) is 3. The predicted molar refractivity (Wildman–Crippen MR) is 66.9 cm³/mol. The molecule has 0 amide bonds. The highest BCUT2D eigenvalue weighted by atomic mass is 16.5. The van der Waals surface area contributed by atoms with E-state index in [2.05, 4.69) is 4.98 Å². The van der Waals surface area contributed by atoms with Crippen molar-refractivity contribution in [3.63, 3.8) is 0 Å². The second-order valence-electron chi connectivity index (χ2n) is 3.92. The van der Waals surface area contributed by atoms with Crippen molar-refractivity contribution in [2.45, 2.75) is 6.92 Å². The minimum Gasteiger partial charge on any atom is -0.496 e. The Morgan fingerprint density at radius 1 is 1.39 bits per heavy atom. The number of aryl methyl sites for hydroxylation is 1. The van der Waals surface area contributed by atoms with E-state index in [1.807, 2.05) is 12.1 Å². The first kappa shape index (κ1) is 12.2. The van der Waals surface area contributed by atoms with Gasteiger partial charge in [0, 0.05) is 12.6 Å². The Balaban J connectivity index is 2.71. The standard InChI is InChI=1S/C13H14N2O3/c1-8-14-11(12(13(16)17)15(8)2)9-6-4-5-7-10(9)18-3/h4-7H,1-3H3,(H,16,17). The lowest BCUT2D eigenvalue weighted by Gasteiger charge is -2.07. The van der Waals surface area contributed by atoms with Gasteiger partial charge in [0.05, 0.1) is 7.11 Å². The molecule has 0 aliphatic heterocycles. The van der Waals surface area contributed by atoms with Crippen LogP contribution in [0.15, 0.2) is 24.3 Å². The molecule has 0 bridgehead atoms. The smallest absolute Gasteiger partial charge is 0.354 e. The first-order valence-corrected chi connectivity index (χ1v) is 5.46. The quantitative estimate of drug-likeness (QED) is 0.900. The van der Waals surface area contributed by atoms with Crippen molar-refractivity contribution in [3.05, 3.63) is 35.8 Å². The molecule has 0 saturated heterocycles. The molecule has 0 spiro atoms. The Morgan fingerprint density at radius 3 is 2.67 bits per heavy atom. The summed E-state index contributed by atoms with van der Waals surface area (Å²) in [6, 6.07) is 7.24. The van der Waals surface area contributed by atoms with Crippen LogP contribution in [0.25, 0.3) is 11.3 Å². The second-order valence-corrected chi connectivity index (χ2v) is 3.92. The molecule has 0 aliphatic carbocycles. The molecule has 0 atom stereocenters. The number of rotatable bonds is 3. The van der Waals surface area contributed by atoms with Crippen LogP contribution in [0.5, 0.6) is 5.75 Å². The van der Waals surface area contributed by atoms with Gasteiger partial charge in [-0.15, -0.1) is 0 Å². The van der Waals surface area contributed by atoms with E-state index < -0.39 is 5.97 Å². The maximum absolute atomic E-state index is 11.3. The average Bonchev–Trinajstić information content (AvgIpc) is 2.65. The number of aromatic carboxylic acids is 1. The second kappa shape index (κ2) is 4.52. The van der Waals surface area contributed by atoms with Gasteiger partial charge in [0.2, 0.25) is 0 Å². The lowest BCUT2D eigenvalue weighted by atomic mass is 10.1. The summed E-state index contributed by atoms with van der Waals surface area (Å²) in [6.45, 7) is 1.77. The predicted octanol–water partition coefficient (Wildman–Crippen LogP) is 2.10. The van der Waals surface area contributed by atoms with Gasteiger partial charge in [-0.3, -0.25) is 0 Å². The highest BCUT2D eigenvalue weighted by Crippen LogP contribution is 2.31. The van der Waals surface area contributed by atoms with Crippen LogP contribution >= 0.6 is 0 Å². The van der Waals surface area contributed by atoms with E-state index in [-0.39, 0.29) is 5.69 Å². The maximum atomic E-state index is 11.3. The molecule has 0 fully saturated rings. The van der Waals surface area contributed by atoms with Crippen LogP contribution in [0.3, 0.4) is 0 Å². The molecule has 0 unspecified atom stereocenters. The lowest BCUT2D eigenvalue weighted by Crippen LogP contribution is -2.07. The molecule has 1 N–H and O–H groups in total. The summed E-state index contributed by atoms with van der Waals surface area (Å²) in [5, 5.41) is 9.28. The van der Waals surface area contributed by atoms with Crippen LogP contribution in [0.4, 0.5) is 0 Å². The SMILES string of the molecule is COc1ccccc1-c1nc(C)n(C)c1C(=O)O. The number of aromatic nitrogens is 2. The number of hydrogen-bond donors (Lipinski definition) is 1. The van der Waals surface area contributed by atoms with Gasteiger partial charge in [0.1, 0.15) is 17.3 Å². The zero-order valence-corrected chi connectivity index (χ0v) is 10.5. The molecule has 94 valence electrons. The van der Waals surface area contributed by atoms with Gasteiger partial charge in [-0.1, -0.05) is 12.1 Å². The summed E-state index contributed by atoms with van der Waals surface area (Å²) in [5.41, 5.74) is 1.28. The van der Waals surface area contributed by atoms with Crippen LogP contribution in [0, 0.1) is 6.92 Å². The molecule has 1 aromatic heterocycles. The van der Waals surface area contributed by atoms with Gasteiger partial charge < -0.3 is 14.4 Å². The summed E-state index contributed by atoms with van der Waals surface area (Å²) in [5.74, 6) is 0.255. The fourth-order valence-corrected chi connectivity index (χ4v) is 1.88. The number of carboxylic acids is 1. The van der Waals surface area contributed by atoms with Gasteiger partial charge in [-0.05, 0) is 19.1 Å². The molecule has 5 nitrogen and oxygen atoms in total. The van der Waals surface area contributed by atoms with Gasteiger partial charge in [0.15, 0.2) is 5.69 Å². The Hall–Kier alpha value is -2.30. The van der Waals surface area contributed by atoms with Crippen molar-refractivity contribution in [2.24, 2.45) is 7.05 Å². The number of imidazole rings is 1. The molecule has 1 heterocycles. The minimum atomic E-state index is -1.00. The lowest BCUT2D eigenvalue weighted by molar-refractivity contribution is 0.0687. The molecule has 2 rings (SSSR count). The fourth-order valence-electron chi connectivity index (χ4n) is 1.88. The van der Waals surface area contributed by atoms with Crippen LogP contribution in [0.2, 0.25) is 0 Å². The number of ether oxygens (including phenoxy) is 1. The van der Waals surface area contributed by atoms with Crippen LogP contribution < -0.4 is 4.74 Å². The van der Waals surface area contributed by atoms with E-state index >= 15 is 0 Å². The van der Waals surface area contributed by atoms with Gasteiger partial charge in [-0.2, -0.15) is 0 Å². The number of carbonyl (C=O) groups is 1. The normalized spacial score (nSPS) is 10.4. The number of carboxylic acid groups (broad SMARTS) is 1. The Kier molecular flexibility index (Phi) is 3.06. The highest BCUT2D eigenvalue weighted by molar-refractivity contribution is 5.94. The third kappa shape index (κ3) is 1.84. The largest absolute Gasteiger partial charge is 0.496 e. The van der Waals surface area contributed by atoms with E-state index in [4.69, 9.17) is 4.74 Å². The monoisotopic (exact) mass is 246 g/mol. The Labute approximate surface area is 105 Å². The van der Waals surface area contributed by atoms with Crippen molar-refractivity contribution in [1.82, 2.24) is 9.55 Å². The zero-order valence-electron chi connectivity index (χ0n) is 10.5. The number of benzene rings is 1. The minimum absolute atomic E-state index is 0.164. The van der Waals surface area contributed by atoms with Crippen molar-refractivity contribution < 1.29 is 14.6 Å². The Morgan fingerprint density at radius 2 is 2.06 bits per heavy atom. The molecule has 5 heteroatoms. The summed E-state index contributed by atoms with van der Waals surface area (Å²) in [4.78, 5) is 15.6. The highest BCUT2D eigenvalue weighted by Gasteiger charge is 2.21. The Bertz CT molecular complexity index is 602. The van der Waals surface area contributed by atoms with E-state index in [1.165, 1.54) is 0 Å². The van der Waals surface area contributed by atoms with Crippen molar-refractivity contribution in [2.75, 3.05) is 7.11 Å². The third-order valence-electron chi connectivity index (χ3n) is 2.88. The van der Waals surface area contributed by atoms with E-state index in [0.717, 1.165) is 0 Å². The first-order valence-electron chi connectivity index (χ1n) is 5.46. The van der Waals surface area contributed by atoms with Crippen molar-refractivity contribution in [3.8, 4) is 17.0 Å². The van der Waals surface area contributed by atoms with E-state index in [1.54, 1.807) is 37.8 Å². The van der Waals surface area contributed by atoms with E-state index in [9.17, 15) is 9.90 Å². The summed E-state index contributed by atoms with van der Waals surface area (Å²) >= 11 is 0. The fraction of sp³-hybridized carbons (Fsp3) is 0.231. The first-order chi connectivity index (χ1) is 8.56. The van der Waals surface area contributed by atoms with Gasteiger partial charge in [-0.25, -0.2) is 9.78 Å². The number of methoxy groups -OCH3 is 1. The number of para-hydroxylation sites is 1. The summed E-state index contributed by atoms with van der Waals surface area (Å²) in [7, 11) is 3.24. The molecule has 0 aliphatic rings. The third-order valence-corrected chi connectivity index (χ3v) is 2.88. The van der Waals surface area contributed by atoms with Crippen LogP contribution in [-0.2, 0) is 7.05 Å². The molecule has 0 radical (unpaired) electrons. The number of nitrogens with zero attached hydrogens (tertiary/aromatic N) is 2. The molecule has 1 aromatic carbocycles. The molecular formula is C13H14N2O3.